The summed E-state index contributed by atoms with van der Waals surface area (Å²) in [4.78, 5) is 0.124. The molecule has 1 aromatic carbocycles. The Kier molecular flexibility index (Phi) is 5.68. The van der Waals surface area contributed by atoms with E-state index in [0.717, 1.165) is 29.7 Å². The Morgan fingerprint density at radius 2 is 1.63 bits per heavy atom. The molecule has 0 N–H and O–H groups in total. The minimum atomic E-state index is -3.69. The monoisotopic (exact) mass is 304 g/mol. The molecular formula is C14H21ClO3S. The minimum absolute atomic E-state index is 0.124. The number of aryl methyl sites for hydroxylation is 2. The fourth-order valence-corrected chi connectivity index (χ4v) is 2.91. The smallest absolute Gasteiger partial charge is 0.261 e. The van der Waals surface area contributed by atoms with Gasteiger partial charge >= 0.3 is 0 Å². The molecule has 0 unspecified atom stereocenters. The maximum Gasteiger partial charge on any atom is 0.261 e. The largest absolute Gasteiger partial charge is 0.493 e. The molecule has 0 aliphatic carbocycles. The molecule has 0 saturated heterocycles. The lowest BCUT2D eigenvalue weighted by atomic mass is 10.1. The lowest BCUT2D eigenvalue weighted by molar-refractivity contribution is 0.238. The van der Waals surface area contributed by atoms with Gasteiger partial charge < -0.3 is 4.74 Å². The van der Waals surface area contributed by atoms with E-state index in [9.17, 15) is 8.42 Å². The molecule has 0 fully saturated rings. The van der Waals surface area contributed by atoms with Crippen molar-refractivity contribution in [2.75, 3.05) is 6.61 Å². The average molecular weight is 305 g/mol. The van der Waals surface area contributed by atoms with Crippen LogP contribution in [0.5, 0.6) is 5.75 Å². The van der Waals surface area contributed by atoms with E-state index in [-0.39, 0.29) is 4.90 Å². The number of hydrogen-bond acceptors (Lipinski definition) is 3. The molecule has 1 rings (SSSR count). The Bertz CT molecular complexity index is 511. The van der Waals surface area contributed by atoms with E-state index in [0.29, 0.717) is 12.5 Å². The van der Waals surface area contributed by atoms with E-state index >= 15 is 0 Å². The fourth-order valence-electron chi connectivity index (χ4n) is 2.00. The van der Waals surface area contributed by atoms with E-state index in [1.807, 2.05) is 13.8 Å². The topological polar surface area (TPSA) is 43.4 Å². The van der Waals surface area contributed by atoms with E-state index in [4.69, 9.17) is 15.4 Å². The minimum Gasteiger partial charge on any atom is -0.493 e. The molecule has 108 valence electrons. The molecule has 0 aromatic heterocycles. The van der Waals surface area contributed by atoms with Crippen LogP contribution in [0.3, 0.4) is 0 Å². The molecule has 0 amide bonds. The first-order valence-electron chi connectivity index (χ1n) is 6.48. The lowest BCUT2D eigenvalue weighted by Crippen LogP contribution is -2.11. The van der Waals surface area contributed by atoms with Gasteiger partial charge in [0.2, 0.25) is 0 Å². The third kappa shape index (κ3) is 4.39. The highest BCUT2D eigenvalue weighted by molar-refractivity contribution is 8.13. The van der Waals surface area contributed by atoms with Crippen LogP contribution in [0.15, 0.2) is 17.0 Å². The van der Waals surface area contributed by atoms with Crippen LogP contribution in [0.25, 0.3) is 0 Å². The quantitative estimate of drug-likeness (QED) is 0.745. The highest BCUT2D eigenvalue weighted by Gasteiger charge is 2.15. The summed E-state index contributed by atoms with van der Waals surface area (Å²) in [6.07, 6.45) is 2.14. The van der Waals surface area contributed by atoms with Crippen molar-refractivity contribution in [3.63, 3.8) is 0 Å². The molecule has 3 nitrogen and oxygen atoms in total. The van der Waals surface area contributed by atoms with Crippen LogP contribution in [0, 0.1) is 19.8 Å². The summed E-state index contributed by atoms with van der Waals surface area (Å²) < 4.78 is 28.5. The van der Waals surface area contributed by atoms with Crippen LogP contribution < -0.4 is 4.74 Å². The maximum atomic E-state index is 11.3. The highest BCUT2D eigenvalue weighted by Crippen LogP contribution is 2.29. The van der Waals surface area contributed by atoms with Gasteiger partial charge in [0, 0.05) is 10.7 Å². The Labute approximate surface area is 120 Å². The zero-order valence-corrected chi connectivity index (χ0v) is 13.4. The van der Waals surface area contributed by atoms with E-state index < -0.39 is 9.05 Å². The normalized spacial score (nSPS) is 11.9. The maximum absolute atomic E-state index is 11.3. The highest BCUT2D eigenvalue weighted by atomic mass is 35.7. The molecule has 0 aliphatic heterocycles. The van der Waals surface area contributed by atoms with Crippen LogP contribution >= 0.6 is 10.7 Å². The SMILES string of the molecule is CCC(CC)COc1c(C)cc(S(=O)(=O)Cl)cc1C. The van der Waals surface area contributed by atoms with Gasteiger partial charge in [-0.3, -0.25) is 0 Å². The zero-order chi connectivity index (χ0) is 14.6. The number of halogens is 1. The summed E-state index contributed by atoms with van der Waals surface area (Å²) in [6.45, 7) is 8.60. The second-order valence-electron chi connectivity index (χ2n) is 4.82. The van der Waals surface area contributed by atoms with Gasteiger partial charge in [-0.15, -0.1) is 0 Å². The van der Waals surface area contributed by atoms with Gasteiger partial charge in [-0.2, -0.15) is 0 Å². The van der Waals surface area contributed by atoms with Crippen LogP contribution in [0.4, 0.5) is 0 Å². The first-order valence-corrected chi connectivity index (χ1v) is 8.79. The summed E-state index contributed by atoms with van der Waals surface area (Å²) in [6, 6.07) is 3.11. The van der Waals surface area contributed by atoms with Crippen LogP contribution in [-0.4, -0.2) is 15.0 Å². The fraction of sp³-hybridized carbons (Fsp3) is 0.571. The molecule has 0 radical (unpaired) electrons. The molecule has 1 aromatic rings. The van der Waals surface area contributed by atoms with Crippen molar-refractivity contribution < 1.29 is 13.2 Å². The van der Waals surface area contributed by atoms with Crippen molar-refractivity contribution in [2.24, 2.45) is 5.92 Å². The van der Waals surface area contributed by atoms with E-state index in [1.54, 1.807) is 12.1 Å². The van der Waals surface area contributed by atoms with Crippen LogP contribution in [-0.2, 0) is 9.05 Å². The summed E-state index contributed by atoms with van der Waals surface area (Å²) in [5.41, 5.74) is 1.59. The predicted molar refractivity (Wildman–Crippen MR) is 78.5 cm³/mol. The molecule has 0 atom stereocenters. The van der Waals surface area contributed by atoms with Gasteiger partial charge in [-0.25, -0.2) is 8.42 Å². The molecule has 0 heterocycles. The van der Waals surface area contributed by atoms with Gasteiger partial charge in [-0.05, 0) is 43.0 Å². The van der Waals surface area contributed by atoms with Gasteiger partial charge in [0.15, 0.2) is 0 Å². The molecular weight excluding hydrogens is 284 g/mol. The van der Waals surface area contributed by atoms with Crippen molar-refractivity contribution >= 4 is 19.7 Å². The second kappa shape index (κ2) is 6.62. The number of hydrogen-bond donors (Lipinski definition) is 0. The summed E-state index contributed by atoms with van der Waals surface area (Å²) >= 11 is 0. The number of ether oxygens (including phenoxy) is 1. The second-order valence-corrected chi connectivity index (χ2v) is 7.38. The van der Waals surface area contributed by atoms with Gasteiger partial charge in [0.1, 0.15) is 5.75 Å². The average Bonchev–Trinajstić information content (AvgIpc) is 2.31. The molecule has 0 aliphatic rings. The summed E-state index contributed by atoms with van der Waals surface area (Å²) in [5, 5.41) is 0. The van der Waals surface area contributed by atoms with Gasteiger partial charge in [0.25, 0.3) is 9.05 Å². The number of rotatable bonds is 6. The van der Waals surface area contributed by atoms with E-state index in [1.165, 1.54) is 0 Å². The van der Waals surface area contributed by atoms with Crippen LogP contribution in [0.2, 0.25) is 0 Å². The molecule has 0 spiro atoms. The third-order valence-corrected chi connectivity index (χ3v) is 4.67. The third-order valence-electron chi connectivity index (χ3n) is 3.33. The predicted octanol–water partition coefficient (Wildman–Crippen LogP) is 4.05. The van der Waals surface area contributed by atoms with Crippen molar-refractivity contribution in [1.29, 1.82) is 0 Å². The molecule has 0 saturated carbocycles. The zero-order valence-electron chi connectivity index (χ0n) is 11.9. The van der Waals surface area contributed by atoms with Crippen molar-refractivity contribution in [1.82, 2.24) is 0 Å². The van der Waals surface area contributed by atoms with Crippen LogP contribution in [0.1, 0.15) is 37.8 Å². The van der Waals surface area contributed by atoms with Crippen molar-refractivity contribution in [2.45, 2.75) is 45.4 Å². The summed E-state index contributed by atoms with van der Waals surface area (Å²) in [5.74, 6) is 1.28. The lowest BCUT2D eigenvalue weighted by Gasteiger charge is -2.17. The Hall–Kier alpha value is -0.740. The first-order chi connectivity index (χ1) is 8.79. The van der Waals surface area contributed by atoms with Crippen molar-refractivity contribution in [3.8, 4) is 5.75 Å². The number of benzene rings is 1. The van der Waals surface area contributed by atoms with Gasteiger partial charge in [0.05, 0.1) is 11.5 Å². The van der Waals surface area contributed by atoms with Crippen molar-refractivity contribution in [3.05, 3.63) is 23.3 Å². The molecule has 0 bridgehead atoms. The Morgan fingerprint density at radius 3 is 2.00 bits per heavy atom. The van der Waals surface area contributed by atoms with E-state index in [2.05, 4.69) is 13.8 Å². The molecule has 19 heavy (non-hydrogen) atoms. The van der Waals surface area contributed by atoms with Gasteiger partial charge in [-0.1, -0.05) is 26.7 Å². The summed E-state index contributed by atoms with van der Waals surface area (Å²) in [7, 11) is 1.67. The first kappa shape index (κ1) is 16.3. The Balaban J connectivity index is 2.98. The standard InChI is InChI=1S/C14H21ClO3S/c1-5-12(6-2)9-18-14-10(3)7-13(8-11(14)4)19(15,16)17/h7-8,12H,5-6,9H2,1-4H3. The Morgan fingerprint density at radius 1 is 1.16 bits per heavy atom. The molecule has 5 heteroatoms.